The van der Waals surface area contributed by atoms with E-state index in [1.807, 2.05) is 24.3 Å². The molecule has 2 heterocycles. The number of benzene rings is 1. The zero-order valence-electron chi connectivity index (χ0n) is 14.0. The Hall–Kier alpha value is -1.80. The summed E-state index contributed by atoms with van der Waals surface area (Å²) in [6, 6.07) is 10.9. The minimum absolute atomic E-state index is 0.00793. The fourth-order valence-electron chi connectivity index (χ4n) is 2.73. The number of nitrogens with one attached hydrogen (secondary N) is 2. The predicted molar refractivity (Wildman–Crippen MR) is 95.4 cm³/mol. The third kappa shape index (κ3) is 5.34. The zero-order chi connectivity index (χ0) is 17.5. The topological polar surface area (TPSA) is 80.3 Å². The van der Waals surface area contributed by atoms with Crippen LogP contribution in [-0.2, 0) is 27.8 Å². The lowest BCUT2D eigenvalue weighted by Crippen LogP contribution is -2.31. The Kier molecular flexibility index (Phi) is 6.14. The SMILES string of the molecule is O=S(=O)(NCC1CCCO1)c1ccc(CNCc2ccncc2)cc1. The van der Waals surface area contributed by atoms with Crippen molar-refractivity contribution in [1.82, 2.24) is 15.0 Å². The van der Waals surface area contributed by atoms with Gasteiger partial charge in [-0.15, -0.1) is 0 Å². The standard InChI is InChI=1S/C18H23N3O3S/c22-25(23,21-14-17-2-1-11-24-17)18-5-3-15(4-6-18)12-20-13-16-7-9-19-10-8-16/h3-10,17,20-21H,1-2,11-14H2. The summed E-state index contributed by atoms with van der Waals surface area (Å²) in [5, 5.41) is 3.33. The van der Waals surface area contributed by atoms with Gasteiger partial charge >= 0.3 is 0 Å². The van der Waals surface area contributed by atoms with E-state index in [0.29, 0.717) is 19.7 Å². The van der Waals surface area contributed by atoms with Gasteiger partial charge in [0, 0.05) is 38.6 Å². The van der Waals surface area contributed by atoms with Gasteiger partial charge in [-0.2, -0.15) is 0 Å². The van der Waals surface area contributed by atoms with Crippen LogP contribution in [0, 0.1) is 0 Å². The molecule has 1 saturated heterocycles. The van der Waals surface area contributed by atoms with Gasteiger partial charge in [0.25, 0.3) is 0 Å². The number of sulfonamides is 1. The first-order valence-corrected chi connectivity index (χ1v) is 9.92. The maximum Gasteiger partial charge on any atom is 0.240 e. The first-order valence-electron chi connectivity index (χ1n) is 8.43. The minimum Gasteiger partial charge on any atom is -0.377 e. The molecule has 1 atom stereocenters. The monoisotopic (exact) mass is 361 g/mol. The number of ether oxygens (including phenoxy) is 1. The number of aromatic nitrogens is 1. The van der Waals surface area contributed by atoms with Crippen molar-refractivity contribution in [2.45, 2.75) is 36.9 Å². The highest BCUT2D eigenvalue weighted by atomic mass is 32.2. The lowest BCUT2D eigenvalue weighted by Gasteiger charge is -2.12. The molecule has 25 heavy (non-hydrogen) atoms. The van der Waals surface area contributed by atoms with E-state index in [4.69, 9.17) is 4.74 Å². The van der Waals surface area contributed by atoms with Gasteiger partial charge in [-0.1, -0.05) is 12.1 Å². The van der Waals surface area contributed by atoms with Crippen molar-refractivity contribution in [3.05, 3.63) is 59.9 Å². The molecule has 0 radical (unpaired) electrons. The molecule has 1 unspecified atom stereocenters. The van der Waals surface area contributed by atoms with Crippen LogP contribution in [0.2, 0.25) is 0 Å². The van der Waals surface area contributed by atoms with Crippen LogP contribution < -0.4 is 10.0 Å². The fraction of sp³-hybridized carbons (Fsp3) is 0.389. The molecular formula is C18H23N3O3S. The highest BCUT2D eigenvalue weighted by Crippen LogP contribution is 2.14. The van der Waals surface area contributed by atoms with E-state index in [2.05, 4.69) is 15.0 Å². The Morgan fingerprint density at radius 3 is 2.36 bits per heavy atom. The van der Waals surface area contributed by atoms with Crippen molar-refractivity contribution < 1.29 is 13.2 Å². The summed E-state index contributed by atoms with van der Waals surface area (Å²) in [6.45, 7) is 2.46. The number of nitrogens with zero attached hydrogens (tertiary/aromatic N) is 1. The first-order chi connectivity index (χ1) is 12.1. The quantitative estimate of drug-likeness (QED) is 0.750. The second kappa shape index (κ2) is 8.53. The van der Waals surface area contributed by atoms with Crippen LogP contribution in [0.3, 0.4) is 0 Å². The third-order valence-corrected chi connectivity index (χ3v) is 5.61. The Morgan fingerprint density at radius 1 is 1.04 bits per heavy atom. The molecular weight excluding hydrogens is 338 g/mol. The van der Waals surface area contributed by atoms with Crippen molar-refractivity contribution in [2.24, 2.45) is 0 Å². The van der Waals surface area contributed by atoms with Crippen LogP contribution in [0.4, 0.5) is 0 Å². The lowest BCUT2D eigenvalue weighted by molar-refractivity contribution is 0.114. The average molecular weight is 361 g/mol. The Balaban J connectivity index is 1.50. The lowest BCUT2D eigenvalue weighted by atomic mass is 10.2. The van der Waals surface area contributed by atoms with Crippen LogP contribution in [0.15, 0.2) is 53.7 Å². The van der Waals surface area contributed by atoms with E-state index in [1.54, 1.807) is 24.5 Å². The van der Waals surface area contributed by atoms with Gasteiger partial charge in [0.15, 0.2) is 0 Å². The Labute approximate surface area is 148 Å². The molecule has 1 aromatic heterocycles. The van der Waals surface area contributed by atoms with Gasteiger partial charge in [0.05, 0.1) is 11.0 Å². The maximum atomic E-state index is 12.3. The highest BCUT2D eigenvalue weighted by Gasteiger charge is 2.20. The molecule has 0 spiro atoms. The molecule has 0 amide bonds. The zero-order valence-corrected chi connectivity index (χ0v) is 14.8. The van der Waals surface area contributed by atoms with Crippen LogP contribution in [0.1, 0.15) is 24.0 Å². The Bertz CT molecular complexity index is 758. The molecule has 0 aliphatic carbocycles. The molecule has 1 aromatic carbocycles. The second-order valence-electron chi connectivity index (χ2n) is 6.09. The van der Waals surface area contributed by atoms with Crippen molar-refractivity contribution in [2.75, 3.05) is 13.2 Å². The Morgan fingerprint density at radius 2 is 1.72 bits per heavy atom. The molecule has 134 valence electrons. The summed E-state index contributed by atoms with van der Waals surface area (Å²) in [7, 11) is -3.49. The van der Waals surface area contributed by atoms with E-state index < -0.39 is 10.0 Å². The summed E-state index contributed by atoms with van der Waals surface area (Å²) < 4.78 is 32.7. The van der Waals surface area contributed by atoms with Gasteiger partial charge in [-0.05, 0) is 48.2 Å². The smallest absolute Gasteiger partial charge is 0.240 e. The number of hydrogen-bond acceptors (Lipinski definition) is 5. The van der Waals surface area contributed by atoms with E-state index in [-0.39, 0.29) is 11.0 Å². The van der Waals surface area contributed by atoms with E-state index in [9.17, 15) is 8.42 Å². The van der Waals surface area contributed by atoms with Gasteiger partial charge in [0.1, 0.15) is 0 Å². The minimum atomic E-state index is -3.49. The second-order valence-corrected chi connectivity index (χ2v) is 7.86. The van der Waals surface area contributed by atoms with Crippen molar-refractivity contribution in [3.8, 4) is 0 Å². The molecule has 2 aromatic rings. The van der Waals surface area contributed by atoms with Crippen LogP contribution >= 0.6 is 0 Å². The summed E-state index contributed by atoms with van der Waals surface area (Å²) in [6.07, 6.45) is 5.42. The average Bonchev–Trinajstić information content (AvgIpc) is 3.15. The maximum absolute atomic E-state index is 12.3. The molecule has 3 rings (SSSR count). The molecule has 1 aliphatic rings. The van der Waals surface area contributed by atoms with Gasteiger partial charge in [-0.3, -0.25) is 4.98 Å². The largest absolute Gasteiger partial charge is 0.377 e. The summed E-state index contributed by atoms with van der Waals surface area (Å²) in [5.41, 5.74) is 2.19. The third-order valence-electron chi connectivity index (χ3n) is 4.17. The predicted octanol–water partition coefficient (Wildman–Crippen LogP) is 1.83. The van der Waals surface area contributed by atoms with Crippen molar-refractivity contribution in [3.63, 3.8) is 0 Å². The number of pyridine rings is 1. The summed E-state index contributed by atoms with van der Waals surface area (Å²) in [5.74, 6) is 0. The number of hydrogen-bond donors (Lipinski definition) is 2. The van der Waals surface area contributed by atoms with E-state index in [0.717, 1.165) is 30.5 Å². The molecule has 2 N–H and O–H groups in total. The molecule has 0 bridgehead atoms. The molecule has 1 aliphatic heterocycles. The molecule has 0 saturated carbocycles. The summed E-state index contributed by atoms with van der Waals surface area (Å²) in [4.78, 5) is 4.27. The fourth-order valence-corrected chi connectivity index (χ4v) is 3.80. The van der Waals surface area contributed by atoms with E-state index in [1.165, 1.54) is 0 Å². The number of rotatable bonds is 8. The normalized spacial score (nSPS) is 17.7. The molecule has 7 heteroatoms. The van der Waals surface area contributed by atoms with E-state index >= 15 is 0 Å². The first kappa shape index (κ1) is 18.0. The van der Waals surface area contributed by atoms with Crippen LogP contribution in [0.5, 0.6) is 0 Å². The van der Waals surface area contributed by atoms with Gasteiger partial charge in [-0.25, -0.2) is 13.1 Å². The highest BCUT2D eigenvalue weighted by molar-refractivity contribution is 7.89. The van der Waals surface area contributed by atoms with Gasteiger partial charge in [0.2, 0.25) is 10.0 Å². The molecule has 6 nitrogen and oxygen atoms in total. The van der Waals surface area contributed by atoms with Gasteiger partial charge < -0.3 is 10.1 Å². The van der Waals surface area contributed by atoms with Crippen LogP contribution in [-0.4, -0.2) is 32.7 Å². The van der Waals surface area contributed by atoms with Crippen LogP contribution in [0.25, 0.3) is 0 Å². The molecule has 1 fully saturated rings. The van der Waals surface area contributed by atoms with Crippen molar-refractivity contribution in [1.29, 1.82) is 0 Å². The van der Waals surface area contributed by atoms with Crippen molar-refractivity contribution >= 4 is 10.0 Å². The summed E-state index contributed by atoms with van der Waals surface area (Å²) >= 11 is 0.